The second-order valence-corrected chi connectivity index (χ2v) is 11.4. The molecule has 0 bridgehead atoms. The van der Waals surface area contributed by atoms with Gasteiger partial charge in [-0.3, -0.25) is 0 Å². The highest BCUT2D eigenvalue weighted by Gasteiger charge is 2.46. The molecular formula is C32H31Br2N. The molecule has 35 heavy (non-hydrogen) atoms. The van der Waals surface area contributed by atoms with Crippen LogP contribution >= 0.6 is 31.9 Å². The van der Waals surface area contributed by atoms with E-state index in [4.69, 9.17) is 0 Å². The van der Waals surface area contributed by atoms with Gasteiger partial charge in [-0.2, -0.15) is 0 Å². The Hall–Kier alpha value is -2.36. The van der Waals surface area contributed by atoms with Crippen molar-refractivity contribution < 1.29 is 0 Å². The Kier molecular flexibility index (Phi) is 7.18. The first-order chi connectivity index (χ1) is 17.0. The van der Waals surface area contributed by atoms with Crippen molar-refractivity contribution in [2.75, 3.05) is 11.9 Å². The lowest BCUT2D eigenvalue weighted by Gasteiger charge is -2.34. The average molecular weight is 589 g/mol. The molecule has 0 saturated heterocycles. The van der Waals surface area contributed by atoms with Crippen LogP contribution in [-0.4, -0.2) is 6.54 Å². The lowest BCUT2D eigenvalue weighted by Crippen LogP contribution is -2.28. The van der Waals surface area contributed by atoms with Crippen molar-refractivity contribution >= 4 is 37.5 Å². The van der Waals surface area contributed by atoms with Gasteiger partial charge in [0.05, 0.1) is 5.41 Å². The van der Waals surface area contributed by atoms with E-state index in [-0.39, 0.29) is 5.41 Å². The molecule has 4 aromatic carbocycles. The van der Waals surface area contributed by atoms with Crippen molar-refractivity contribution in [3.05, 3.63) is 122 Å². The van der Waals surface area contributed by atoms with Crippen LogP contribution in [0.5, 0.6) is 0 Å². The van der Waals surface area contributed by atoms with Crippen molar-refractivity contribution in [1.82, 2.24) is 0 Å². The fourth-order valence-electron chi connectivity index (χ4n) is 5.48. The van der Waals surface area contributed by atoms with Gasteiger partial charge in [0.2, 0.25) is 0 Å². The van der Waals surface area contributed by atoms with Gasteiger partial charge in [-0.25, -0.2) is 0 Å². The van der Waals surface area contributed by atoms with E-state index in [2.05, 4.69) is 136 Å². The molecule has 4 aromatic rings. The van der Waals surface area contributed by atoms with Gasteiger partial charge < -0.3 is 5.32 Å². The largest absolute Gasteiger partial charge is 0.385 e. The van der Waals surface area contributed by atoms with Crippen LogP contribution in [0.4, 0.5) is 5.69 Å². The lowest BCUT2D eigenvalue weighted by atomic mass is 9.67. The minimum atomic E-state index is -0.383. The Morgan fingerprint density at radius 2 is 1.20 bits per heavy atom. The van der Waals surface area contributed by atoms with E-state index in [0.29, 0.717) is 0 Å². The zero-order valence-electron chi connectivity index (χ0n) is 20.4. The molecule has 1 aliphatic carbocycles. The first kappa shape index (κ1) is 24.3. The first-order valence-electron chi connectivity index (χ1n) is 12.6. The second kappa shape index (κ2) is 10.3. The molecular weight excluding hydrogens is 558 g/mol. The van der Waals surface area contributed by atoms with Gasteiger partial charge in [0, 0.05) is 21.2 Å². The van der Waals surface area contributed by atoms with Crippen LogP contribution in [0.3, 0.4) is 0 Å². The van der Waals surface area contributed by atoms with Crippen molar-refractivity contribution in [3.8, 4) is 11.1 Å². The molecule has 0 amide bonds. The summed E-state index contributed by atoms with van der Waals surface area (Å²) in [7, 11) is 0. The Morgan fingerprint density at radius 1 is 0.657 bits per heavy atom. The monoisotopic (exact) mass is 587 g/mol. The number of halogens is 2. The fraction of sp³-hybridized carbons (Fsp3) is 0.250. The summed E-state index contributed by atoms with van der Waals surface area (Å²) >= 11 is 7.54. The zero-order valence-corrected chi connectivity index (χ0v) is 23.5. The maximum Gasteiger partial charge on any atom is 0.0714 e. The van der Waals surface area contributed by atoms with E-state index in [1.165, 1.54) is 70.3 Å². The number of aryl methyl sites for hydroxylation is 1. The van der Waals surface area contributed by atoms with Crippen molar-refractivity contribution in [2.24, 2.45) is 0 Å². The zero-order chi connectivity index (χ0) is 24.4. The number of nitrogens with one attached hydrogen (secondary N) is 1. The van der Waals surface area contributed by atoms with Gasteiger partial charge in [-0.1, -0.05) is 112 Å². The Labute approximate surface area is 226 Å². The van der Waals surface area contributed by atoms with E-state index >= 15 is 0 Å². The van der Waals surface area contributed by atoms with Crippen molar-refractivity contribution in [3.63, 3.8) is 0 Å². The summed E-state index contributed by atoms with van der Waals surface area (Å²) in [4.78, 5) is 0. The van der Waals surface area contributed by atoms with E-state index in [0.717, 1.165) is 15.5 Å². The molecule has 1 N–H and O–H groups in total. The summed E-state index contributed by atoms with van der Waals surface area (Å²) in [5.41, 5.74) is 9.90. The SMILES string of the molecule is CCCCCCNc1ccc(C2(c3ccc(C)cc3)c3cc(Br)ccc3-c3ccc(Br)cc32)cc1. The van der Waals surface area contributed by atoms with E-state index < -0.39 is 0 Å². The summed E-state index contributed by atoms with van der Waals surface area (Å²) in [6, 6.07) is 31.6. The molecule has 0 heterocycles. The molecule has 0 unspecified atom stereocenters. The van der Waals surface area contributed by atoms with Crippen LogP contribution in [0.15, 0.2) is 93.9 Å². The predicted molar refractivity (Wildman–Crippen MR) is 157 cm³/mol. The van der Waals surface area contributed by atoms with Crippen LogP contribution in [0.25, 0.3) is 11.1 Å². The average Bonchev–Trinajstić information content (AvgIpc) is 3.14. The number of anilines is 1. The molecule has 0 radical (unpaired) electrons. The molecule has 1 aliphatic rings. The van der Waals surface area contributed by atoms with Crippen LogP contribution in [0.1, 0.15) is 60.4 Å². The predicted octanol–water partition coefficient (Wildman–Crippen LogP) is 9.88. The van der Waals surface area contributed by atoms with Crippen LogP contribution in [-0.2, 0) is 5.41 Å². The summed E-state index contributed by atoms with van der Waals surface area (Å²) in [5, 5.41) is 3.62. The molecule has 0 fully saturated rings. The van der Waals surface area contributed by atoms with Gasteiger partial charge in [-0.15, -0.1) is 0 Å². The summed E-state index contributed by atoms with van der Waals surface area (Å²) in [5.74, 6) is 0. The van der Waals surface area contributed by atoms with Crippen molar-refractivity contribution in [1.29, 1.82) is 0 Å². The van der Waals surface area contributed by atoms with Gasteiger partial charge in [-0.05, 0) is 83.1 Å². The molecule has 0 aliphatic heterocycles. The fourth-order valence-corrected chi connectivity index (χ4v) is 6.21. The molecule has 178 valence electrons. The van der Waals surface area contributed by atoms with Crippen LogP contribution in [0.2, 0.25) is 0 Å². The van der Waals surface area contributed by atoms with E-state index in [1.54, 1.807) is 0 Å². The number of hydrogen-bond donors (Lipinski definition) is 1. The molecule has 3 heteroatoms. The topological polar surface area (TPSA) is 12.0 Å². The maximum atomic E-state index is 3.77. The minimum absolute atomic E-state index is 0.383. The van der Waals surface area contributed by atoms with Gasteiger partial charge >= 0.3 is 0 Å². The summed E-state index contributed by atoms with van der Waals surface area (Å²) in [6.45, 7) is 5.43. The standard InChI is InChI=1S/C32H31Br2N/c1-3-4-5-6-19-35-27-15-11-24(12-16-27)32(23-9-7-22(2)8-10-23)30-20-25(33)13-17-28(30)29-18-14-26(34)21-31(29)32/h7-18,20-21,35H,3-6,19H2,1-2H3. The smallest absolute Gasteiger partial charge is 0.0714 e. The summed E-state index contributed by atoms with van der Waals surface area (Å²) < 4.78 is 2.20. The third-order valence-corrected chi connectivity index (χ3v) is 8.21. The van der Waals surface area contributed by atoms with Gasteiger partial charge in [0.25, 0.3) is 0 Å². The molecule has 0 atom stereocenters. The van der Waals surface area contributed by atoms with Crippen LogP contribution < -0.4 is 5.32 Å². The maximum absolute atomic E-state index is 3.77. The number of unbranched alkanes of at least 4 members (excludes halogenated alkanes) is 3. The number of benzene rings is 4. The van der Waals surface area contributed by atoms with E-state index in [1.807, 2.05) is 0 Å². The highest BCUT2D eigenvalue weighted by atomic mass is 79.9. The minimum Gasteiger partial charge on any atom is -0.385 e. The van der Waals surface area contributed by atoms with E-state index in [9.17, 15) is 0 Å². The highest BCUT2D eigenvalue weighted by Crippen LogP contribution is 2.57. The number of rotatable bonds is 8. The molecule has 0 aromatic heterocycles. The highest BCUT2D eigenvalue weighted by molar-refractivity contribution is 9.10. The second-order valence-electron chi connectivity index (χ2n) is 9.56. The quantitative estimate of drug-likeness (QED) is 0.178. The first-order valence-corrected chi connectivity index (χ1v) is 14.1. The van der Waals surface area contributed by atoms with Gasteiger partial charge in [0.15, 0.2) is 0 Å². The van der Waals surface area contributed by atoms with Crippen molar-refractivity contribution in [2.45, 2.75) is 44.9 Å². The summed E-state index contributed by atoms with van der Waals surface area (Å²) in [6.07, 6.45) is 5.08. The third-order valence-electron chi connectivity index (χ3n) is 7.22. The Balaban J connectivity index is 1.66. The van der Waals surface area contributed by atoms with Crippen LogP contribution in [0, 0.1) is 6.92 Å². The Morgan fingerprint density at radius 3 is 1.74 bits per heavy atom. The molecule has 0 saturated carbocycles. The third kappa shape index (κ3) is 4.49. The number of fused-ring (bicyclic) bond motifs is 3. The lowest BCUT2D eigenvalue weighted by molar-refractivity contribution is 0.685. The molecule has 0 spiro atoms. The Bertz CT molecular complexity index is 1270. The molecule has 1 nitrogen and oxygen atoms in total. The normalized spacial score (nSPS) is 13.4. The number of hydrogen-bond acceptors (Lipinski definition) is 1. The van der Waals surface area contributed by atoms with Gasteiger partial charge in [0.1, 0.15) is 0 Å². The molecule has 5 rings (SSSR count).